The summed E-state index contributed by atoms with van der Waals surface area (Å²) in [5.74, 6) is 0.0146. The maximum absolute atomic E-state index is 13.3. The first-order valence-corrected chi connectivity index (χ1v) is 9.15. The molecule has 2 aromatic carbocycles. The summed E-state index contributed by atoms with van der Waals surface area (Å²) in [7, 11) is 1.78. The molecule has 0 unspecified atom stereocenters. The highest BCUT2D eigenvalue weighted by Gasteiger charge is 2.20. The van der Waals surface area contributed by atoms with E-state index in [1.165, 1.54) is 6.26 Å². The molecule has 0 aliphatic rings. The summed E-state index contributed by atoms with van der Waals surface area (Å²) in [5, 5.41) is 4.03. The largest absolute Gasteiger partial charge is 0.459 e. The highest BCUT2D eigenvalue weighted by atomic mass is 35.5. The molecule has 0 saturated heterocycles. The third kappa shape index (κ3) is 3.09. The van der Waals surface area contributed by atoms with Gasteiger partial charge in [-0.1, -0.05) is 41.4 Å². The lowest BCUT2D eigenvalue weighted by Crippen LogP contribution is -2.21. The number of para-hydroxylation sites is 1. The van der Waals surface area contributed by atoms with Crippen LogP contribution in [-0.4, -0.2) is 10.5 Å². The van der Waals surface area contributed by atoms with Crippen molar-refractivity contribution in [2.24, 2.45) is 7.05 Å². The van der Waals surface area contributed by atoms with Gasteiger partial charge in [-0.15, -0.1) is 0 Å². The first kappa shape index (κ1) is 18.3. The molecule has 0 aliphatic heterocycles. The summed E-state index contributed by atoms with van der Waals surface area (Å²) in [5.41, 5.74) is 1.34. The number of carbonyl (C=O) groups is 1. The van der Waals surface area contributed by atoms with Crippen molar-refractivity contribution in [2.75, 3.05) is 5.32 Å². The van der Waals surface area contributed by atoms with Crippen molar-refractivity contribution in [3.8, 4) is 11.1 Å². The van der Waals surface area contributed by atoms with Gasteiger partial charge in [0.1, 0.15) is 5.82 Å². The molecule has 28 heavy (non-hydrogen) atoms. The molecule has 4 aromatic rings. The molecule has 0 atom stereocenters. The highest BCUT2D eigenvalue weighted by molar-refractivity contribution is 6.42. The van der Waals surface area contributed by atoms with E-state index in [-0.39, 0.29) is 11.2 Å². The van der Waals surface area contributed by atoms with E-state index in [1.807, 2.05) is 12.1 Å². The number of furan rings is 1. The van der Waals surface area contributed by atoms with Crippen molar-refractivity contribution < 1.29 is 9.21 Å². The molecule has 140 valence electrons. The molecule has 0 spiro atoms. The smallest absolute Gasteiger partial charge is 0.292 e. The van der Waals surface area contributed by atoms with Crippen molar-refractivity contribution >= 4 is 45.8 Å². The predicted octanol–water partition coefficient (Wildman–Crippen LogP) is 5.36. The number of hydrogen-bond acceptors (Lipinski definition) is 3. The molecular formula is C21H14Cl2N2O3. The second-order valence-electron chi connectivity index (χ2n) is 6.19. The summed E-state index contributed by atoms with van der Waals surface area (Å²) >= 11 is 12.2. The molecule has 7 heteroatoms. The Balaban J connectivity index is 2.00. The van der Waals surface area contributed by atoms with Crippen LogP contribution in [-0.2, 0) is 7.05 Å². The summed E-state index contributed by atoms with van der Waals surface area (Å²) in [6, 6.07) is 15.3. The van der Waals surface area contributed by atoms with Crippen molar-refractivity contribution in [2.45, 2.75) is 0 Å². The molecule has 0 radical (unpaired) electrons. The zero-order valence-corrected chi connectivity index (χ0v) is 16.2. The maximum atomic E-state index is 13.3. The van der Waals surface area contributed by atoms with Gasteiger partial charge in [0.2, 0.25) is 0 Å². The quantitative estimate of drug-likeness (QED) is 0.492. The number of pyridine rings is 1. The molecule has 0 saturated carbocycles. The number of anilines is 1. The van der Waals surface area contributed by atoms with Gasteiger partial charge < -0.3 is 14.3 Å². The van der Waals surface area contributed by atoms with Crippen LogP contribution in [0.15, 0.2) is 70.1 Å². The zero-order valence-electron chi connectivity index (χ0n) is 14.7. The number of amides is 1. The van der Waals surface area contributed by atoms with E-state index >= 15 is 0 Å². The number of nitrogens with one attached hydrogen (secondary N) is 1. The number of hydrogen-bond donors (Lipinski definition) is 1. The number of halogens is 2. The van der Waals surface area contributed by atoms with Gasteiger partial charge in [0, 0.05) is 12.4 Å². The van der Waals surface area contributed by atoms with Crippen molar-refractivity contribution in [1.82, 2.24) is 4.57 Å². The standard InChI is InChI=1S/C21H14Cl2N2O3/c1-25-16-6-3-2-5-13(16)19(26)18(12-8-9-14(22)15(23)11-12)20(25)24-21(27)17-7-4-10-28-17/h2-11H,1H3,(H,24,27). The molecule has 2 heterocycles. The molecule has 0 aliphatic carbocycles. The molecule has 1 amide bonds. The van der Waals surface area contributed by atoms with Crippen LogP contribution in [0.4, 0.5) is 5.82 Å². The van der Waals surface area contributed by atoms with Crippen LogP contribution in [0, 0.1) is 0 Å². The first-order chi connectivity index (χ1) is 13.5. The van der Waals surface area contributed by atoms with Crippen LogP contribution in [0.3, 0.4) is 0 Å². The summed E-state index contributed by atoms with van der Waals surface area (Å²) in [4.78, 5) is 25.9. The third-order valence-corrected chi connectivity index (χ3v) is 5.23. The number of nitrogens with zero attached hydrogens (tertiary/aromatic N) is 1. The fraction of sp³-hybridized carbons (Fsp3) is 0.0476. The number of fused-ring (bicyclic) bond motifs is 1. The zero-order chi connectivity index (χ0) is 19.8. The van der Waals surface area contributed by atoms with Crippen molar-refractivity contribution in [1.29, 1.82) is 0 Å². The minimum Gasteiger partial charge on any atom is -0.459 e. The molecular weight excluding hydrogens is 399 g/mol. The lowest BCUT2D eigenvalue weighted by molar-refractivity contribution is 0.0996. The Morgan fingerprint density at radius 1 is 1.04 bits per heavy atom. The number of rotatable bonds is 3. The topological polar surface area (TPSA) is 64.2 Å². The van der Waals surface area contributed by atoms with E-state index < -0.39 is 5.91 Å². The van der Waals surface area contributed by atoms with Crippen molar-refractivity contribution in [3.05, 3.63) is 86.9 Å². The first-order valence-electron chi connectivity index (χ1n) is 8.39. The summed E-state index contributed by atoms with van der Waals surface area (Å²) in [6.45, 7) is 0. The van der Waals surface area contributed by atoms with E-state index in [4.69, 9.17) is 27.6 Å². The van der Waals surface area contributed by atoms with E-state index in [1.54, 1.807) is 54.1 Å². The second kappa shape index (κ2) is 7.19. The Kier molecular flexibility index (Phi) is 4.71. The fourth-order valence-electron chi connectivity index (χ4n) is 3.13. The van der Waals surface area contributed by atoms with Gasteiger partial charge in [0.25, 0.3) is 5.91 Å². The maximum Gasteiger partial charge on any atom is 0.292 e. The Hall–Kier alpha value is -3.02. The molecule has 1 N–H and O–H groups in total. The van der Waals surface area contributed by atoms with E-state index in [0.717, 1.165) is 0 Å². The summed E-state index contributed by atoms with van der Waals surface area (Å²) < 4.78 is 6.93. The van der Waals surface area contributed by atoms with Gasteiger partial charge in [-0.25, -0.2) is 0 Å². The van der Waals surface area contributed by atoms with Gasteiger partial charge in [-0.3, -0.25) is 9.59 Å². The van der Waals surface area contributed by atoms with E-state index in [9.17, 15) is 9.59 Å². The second-order valence-corrected chi connectivity index (χ2v) is 7.00. The number of benzene rings is 2. The van der Waals surface area contributed by atoms with Crippen molar-refractivity contribution in [3.63, 3.8) is 0 Å². The Morgan fingerprint density at radius 2 is 1.82 bits per heavy atom. The van der Waals surface area contributed by atoms with Gasteiger partial charge in [-0.2, -0.15) is 0 Å². The van der Waals surface area contributed by atoms with Gasteiger partial charge in [0.15, 0.2) is 11.2 Å². The molecule has 0 bridgehead atoms. The van der Waals surface area contributed by atoms with Gasteiger partial charge in [-0.05, 0) is 42.0 Å². The van der Waals surface area contributed by atoms with Gasteiger partial charge in [0.05, 0.1) is 27.4 Å². The molecule has 2 aromatic heterocycles. The Bertz CT molecular complexity index is 1260. The monoisotopic (exact) mass is 412 g/mol. The highest BCUT2D eigenvalue weighted by Crippen LogP contribution is 2.32. The number of aromatic nitrogens is 1. The lowest BCUT2D eigenvalue weighted by Gasteiger charge is -2.18. The number of carbonyl (C=O) groups excluding carboxylic acids is 1. The third-order valence-electron chi connectivity index (χ3n) is 4.49. The molecule has 5 nitrogen and oxygen atoms in total. The normalized spacial score (nSPS) is 11.0. The Morgan fingerprint density at radius 3 is 2.54 bits per heavy atom. The Labute approximate surface area is 170 Å². The molecule has 0 fully saturated rings. The van der Waals surface area contributed by atoms with Crippen LogP contribution in [0.5, 0.6) is 0 Å². The minimum atomic E-state index is -0.461. The predicted molar refractivity (Wildman–Crippen MR) is 111 cm³/mol. The van der Waals surface area contributed by atoms with Crippen LogP contribution in [0.2, 0.25) is 10.0 Å². The fourth-order valence-corrected chi connectivity index (χ4v) is 3.43. The SMILES string of the molecule is Cn1c(NC(=O)c2ccco2)c(-c2ccc(Cl)c(Cl)c2)c(=O)c2ccccc21. The molecule has 4 rings (SSSR count). The lowest BCUT2D eigenvalue weighted by atomic mass is 10.0. The average molecular weight is 413 g/mol. The summed E-state index contributed by atoms with van der Waals surface area (Å²) in [6.07, 6.45) is 1.41. The van der Waals surface area contributed by atoms with Crippen LogP contribution >= 0.6 is 23.2 Å². The van der Waals surface area contributed by atoms with Crippen LogP contribution < -0.4 is 10.7 Å². The average Bonchev–Trinajstić information content (AvgIpc) is 3.23. The number of aryl methyl sites for hydroxylation is 1. The minimum absolute atomic E-state index is 0.140. The van der Waals surface area contributed by atoms with E-state index in [2.05, 4.69) is 5.32 Å². The van der Waals surface area contributed by atoms with Gasteiger partial charge >= 0.3 is 0 Å². The van der Waals surface area contributed by atoms with Crippen LogP contribution in [0.1, 0.15) is 10.6 Å². The van der Waals surface area contributed by atoms with E-state index in [0.29, 0.717) is 37.9 Å². The van der Waals surface area contributed by atoms with Crippen LogP contribution in [0.25, 0.3) is 22.0 Å².